The number of rotatable bonds is 1. The van der Waals surface area contributed by atoms with Crippen LogP contribution in [0.3, 0.4) is 0 Å². The van der Waals surface area contributed by atoms with Crippen LogP contribution in [0.25, 0.3) is 0 Å². The highest BCUT2D eigenvalue weighted by atomic mass is 79.9. The van der Waals surface area contributed by atoms with Crippen LogP contribution in [0.4, 0.5) is 5.69 Å². The van der Waals surface area contributed by atoms with Gasteiger partial charge in [0.1, 0.15) is 4.60 Å². The molecule has 0 radical (unpaired) electrons. The van der Waals surface area contributed by atoms with E-state index in [1.54, 1.807) is 0 Å². The van der Waals surface area contributed by atoms with Gasteiger partial charge in [-0.25, -0.2) is 9.78 Å². The molecule has 0 atom stereocenters. The van der Waals surface area contributed by atoms with Gasteiger partial charge in [-0.2, -0.15) is 0 Å². The Balaban J connectivity index is 3.13. The van der Waals surface area contributed by atoms with Gasteiger partial charge in [0.25, 0.3) is 0 Å². The van der Waals surface area contributed by atoms with Gasteiger partial charge in [-0.15, -0.1) is 0 Å². The molecule has 4 nitrogen and oxygen atoms in total. The van der Waals surface area contributed by atoms with E-state index in [0.717, 1.165) is 0 Å². The number of methoxy groups -OCH3 is 1. The summed E-state index contributed by atoms with van der Waals surface area (Å²) in [5, 5.41) is 0. The second-order valence-electron chi connectivity index (χ2n) is 2.09. The number of anilines is 1. The van der Waals surface area contributed by atoms with Crippen LogP contribution >= 0.6 is 15.9 Å². The van der Waals surface area contributed by atoms with Crippen LogP contribution in [0.1, 0.15) is 10.4 Å². The van der Waals surface area contributed by atoms with Crippen molar-refractivity contribution >= 4 is 27.6 Å². The fraction of sp³-hybridized carbons (Fsp3) is 0.143. The maximum atomic E-state index is 11.0. The minimum atomic E-state index is -0.462. The van der Waals surface area contributed by atoms with Crippen LogP contribution in [0.5, 0.6) is 0 Å². The number of aromatic nitrogens is 1. The molecule has 0 fully saturated rings. The number of nitrogens with two attached hydrogens (primary N) is 1. The van der Waals surface area contributed by atoms with E-state index in [0.29, 0.717) is 15.9 Å². The summed E-state index contributed by atoms with van der Waals surface area (Å²) >= 11 is 3.12. The third-order valence-electron chi connectivity index (χ3n) is 1.31. The summed E-state index contributed by atoms with van der Waals surface area (Å²) in [5.41, 5.74) is 6.11. The minimum absolute atomic E-state index is 0.310. The van der Waals surface area contributed by atoms with E-state index in [-0.39, 0.29) is 0 Å². The molecule has 1 heterocycles. The molecule has 1 rings (SSSR count). The Morgan fingerprint density at radius 1 is 1.75 bits per heavy atom. The molecule has 5 heteroatoms. The molecule has 0 aliphatic heterocycles. The van der Waals surface area contributed by atoms with Crippen molar-refractivity contribution in [3.8, 4) is 0 Å². The van der Waals surface area contributed by atoms with Gasteiger partial charge in [0, 0.05) is 0 Å². The van der Waals surface area contributed by atoms with Crippen LogP contribution in [-0.2, 0) is 4.74 Å². The van der Waals surface area contributed by atoms with Crippen molar-refractivity contribution in [2.45, 2.75) is 0 Å². The molecule has 0 amide bonds. The van der Waals surface area contributed by atoms with Gasteiger partial charge >= 0.3 is 5.97 Å². The van der Waals surface area contributed by atoms with Crippen LogP contribution in [-0.4, -0.2) is 18.1 Å². The van der Waals surface area contributed by atoms with Crippen LogP contribution in [0.15, 0.2) is 16.9 Å². The number of hydrogen-bond donors (Lipinski definition) is 1. The van der Waals surface area contributed by atoms with E-state index < -0.39 is 5.97 Å². The second kappa shape index (κ2) is 3.53. The smallest absolute Gasteiger partial charge is 0.340 e. The summed E-state index contributed by atoms with van der Waals surface area (Å²) in [7, 11) is 1.30. The van der Waals surface area contributed by atoms with Gasteiger partial charge in [0.05, 0.1) is 24.6 Å². The molecule has 0 aliphatic rings. The van der Waals surface area contributed by atoms with Crippen molar-refractivity contribution in [3.63, 3.8) is 0 Å². The van der Waals surface area contributed by atoms with Crippen molar-refractivity contribution < 1.29 is 9.53 Å². The Hall–Kier alpha value is -1.10. The number of nitrogens with zero attached hydrogens (tertiary/aromatic N) is 1. The normalized spacial score (nSPS) is 9.50. The zero-order chi connectivity index (χ0) is 9.14. The van der Waals surface area contributed by atoms with Crippen molar-refractivity contribution in [1.82, 2.24) is 4.98 Å². The van der Waals surface area contributed by atoms with E-state index in [2.05, 4.69) is 25.7 Å². The summed E-state index contributed by atoms with van der Waals surface area (Å²) in [6.45, 7) is 0. The molecule has 1 aromatic heterocycles. The van der Waals surface area contributed by atoms with E-state index in [1.807, 2.05) is 0 Å². The monoisotopic (exact) mass is 230 g/mol. The number of halogens is 1. The molecule has 0 saturated carbocycles. The zero-order valence-electron chi connectivity index (χ0n) is 6.37. The summed E-state index contributed by atoms with van der Waals surface area (Å²) in [4.78, 5) is 14.9. The third kappa shape index (κ3) is 1.73. The van der Waals surface area contributed by atoms with Crippen molar-refractivity contribution in [2.24, 2.45) is 0 Å². The molecule has 0 saturated heterocycles. The topological polar surface area (TPSA) is 65.2 Å². The van der Waals surface area contributed by atoms with Gasteiger partial charge in [-0.3, -0.25) is 0 Å². The molecule has 0 aromatic carbocycles. The van der Waals surface area contributed by atoms with Crippen LogP contribution < -0.4 is 5.73 Å². The second-order valence-corrected chi connectivity index (χ2v) is 2.90. The lowest BCUT2D eigenvalue weighted by Gasteiger charge is -2.02. The SMILES string of the molecule is COC(=O)c1cc(Br)ncc1N. The van der Waals surface area contributed by atoms with Crippen molar-refractivity contribution in [3.05, 3.63) is 22.4 Å². The Morgan fingerprint density at radius 3 is 3.00 bits per heavy atom. The first-order chi connectivity index (χ1) is 5.65. The van der Waals surface area contributed by atoms with Gasteiger partial charge in [-0.05, 0) is 22.0 Å². The zero-order valence-corrected chi connectivity index (χ0v) is 7.96. The summed E-state index contributed by atoms with van der Waals surface area (Å²) in [5.74, 6) is -0.462. The van der Waals surface area contributed by atoms with E-state index in [4.69, 9.17) is 5.73 Å². The molecular formula is C7H7BrN2O2. The Kier molecular flexibility index (Phi) is 2.65. The molecule has 1 aromatic rings. The van der Waals surface area contributed by atoms with Crippen molar-refractivity contribution in [1.29, 1.82) is 0 Å². The van der Waals surface area contributed by atoms with Crippen LogP contribution in [0.2, 0.25) is 0 Å². The number of esters is 1. The highest BCUT2D eigenvalue weighted by Crippen LogP contribution is 2.15. The van der Waals surface area contributed by atoms with Gasteiger partial charge in [-0.1, -0.05) is 0 Å². The third-order valence-corrected chi connectivity index (χ3v) is 1.74. The first-order valence-electron chi connectivity index (χ1n) is 3.14. The van der Waals surface area contributed by atoms with Crippen molar-refractivity contribution in [2.75, 3.05) is 12.8 Å². The molecule has 12 heavy (non-hydrogen) atoms. The fourth-order valence-corrected chi connectivity index (χ4v) is 1.06. The molecule has 2 N–H and O–H groups in total. The largest absolute Gasteiger partial charge is 0.465 e. The molecule has 0 bridgehead atoms. The lowest BCUT2D eigenvalue weighted by Crippen LogP contribution is -2.05. The molecule has 64 valence electrons. The Labute approximate surface area is 77.9 Å². The maximum absolute atomic E-state index is 11.0. The first kappa shape index (κ1) is 8.99. The predicted molar refractivity (Wildman–Crippen MR) is 47.7 cm³/mol. The Morgan fingerprint density at radius 2 is 2.42 bits per heavy atom. The summed E-state index contributed by atoms with van der Waals surface area (Å²) < 4.78 is 5.06. The fourth-order valence-electron chi connectivity index (χ4n) is 0.727. The molecule has 0 spiro atoms. The quantitative estimate of drug-likeness (QED) is 0.582. The van der Waals surface area contributed by atoms with Gasteiger partial charge in [0.15, 0.2) is 0 Å². The first-order valence-corrected chi connectivity index (χ1v) is 3.93. The number of carbonyl (C=O) groups is 1. The molecule has 0 aliphatic carbocycles. The number of pyridine rings is 1. The average molecular weight is 231 g/mol. The van der Waals surface area contributed by atoms with E-state index in [9.17, 15) is 4.79 Å². The lowest BCUT2D eigenvalue weighted by atomic mass is 10.2. The standard InChI is InChI=1S/C7H7BrN2O2/c1-12-7(11)4-2-6(8)10-3-5(4)9/h2-3H,9H2,1H3. The number of hydrogen-bond acceptors (Lipinski definition) is 4. The van der Waals surface area contributed by atoms with Crippen LogP contribution in [0, 0.1) is 0 Å². The van der Waals surface area contributed by atoms with E-state index >= 15 is 0 Å². The maximum Gasteiger partial charge on any atom is 0.340 e. The average Bonchev–Trinajstić information content (AvgIpc) is 2.08. The highest BCUT2D eigenvalue weighted by molar-refractivity contribution is 9.10. The van der Waals surface area contributed by atoms with E-state index in [1.165, 1.54) is 19.4 Å². The summed E-state index contributed by atoms with van der Waals surface area (Å²) in [6, 6.07) is 1.52. The number of carbonyl (C=O) groups excluding carboxylic acids is 1. The minimum Gasteiger partial charge on any atom is -0.465 e. The number of ether oxygens (including phenoxy) is 1. The predicted octanol–water partition coefficient (Wildman–Crippen LogP) is 1.21. The van der Waals surface area contributed by atoms with Gasteiger partial charge < -0.3 is 10.5 Å². The molecular weight excluding hydrogens is 224 g/mol. The lowest BCUT2D eigenvalue weighted by molar-refractivity contribution is 0.0601. The molecule has 0 unspecified atom stereocenters. The Bertz CT molecular complexity index is 314. The summed E-state index contributed by atoms with van der Waals surface area (Å²) in [6.07, 6.45) is 1.40. The number of nitrogen functional groups attached to an aromatic ring is 1. The van der Waals surface area contributed by atoms with Gasteiger partial charge in [0.2, 0.25) is 0 Å². The highest BCUT2D eigenvalue weighted by Gasteiger charge is 2.09.